The summed E-state index contributed by atoms with van der Waals surface area (Å²) in [5.41, 5.74) is 3.19. The van der Waals surface area contributed by atoms with E-state index in [-0.39, 0.29) is 22.8 Å². The van der Waals surface area contributed by atoms with Gasteiger partial charge in [-0.2, -0.15) is 0 Å². The van der Waals surface area contributed by atoms with Gasteiger partial charge >= 0.3 is 5.69 Å². The number of carbonyl (C=O) groups excluding carboxylic acids is 1. The molecule has 0 saturated carbocycles. The summed E-state index contributed by atoms with van der Waals surface area (Å²) in [6.45, 7) is 1.92. The fraction of sp³-hybridized carbons (Fsp3) is 0.0385. The van der Waals surface area contributed by atoms with Crippen LogP contribution in [0.1, 0.15) is 21.5 Å². The molecule has 1 heterocycles. The monoisotopic (exact) mass is 528 g/mol. The van der Waals surface area contributed by atoms with E-state index in [1.807, 2.05) is 43.3 Å². The second-order valence-corrected chi connectivity index (χ2v) is 8.74. The van der Waals surface area contributed by atoms with Crippen LogP contribution in [-0.2, 0) is 0 Å². The second kappa shape index (κ2) is 9.11. The molecule has 0 N–H and O–H groups in total. The van der Waals surface area contributed by atoms with Gasteiger partial charge in [-0.05, 0) is 73.2 Å². The van der Waals surface area contributed by atoms with Crippen LogP contribution in [0.4, 0.5) is 5.69 Å². The van der Waals surface area contributed by atoms with Crippen molar-refractivity contribution in [1.29, 1.82) is 0 Å². The van der Waals surface area contributed by atoms with Crippen LogP contribution < -0.4 is 4.74 Å². The number of rotatable bonds is 6. The van der Waals surface area contributed by atoms with E-state index in [0.717, 1.165) is 10.0 Å². The van der Waals surface area contributed by atoms with Crippen LogP contribution in [0.2, 0.25) is 0 Å². The van der Waals surface area contributed by atoms with E-state index in [1.54, 1.807) is 30.3 Å². The predicted molar refractivity (Wildman–Crippen MR) is 134 cm³/mol. The Hall–Kier alpha value is -4.37. The fourth-order valence-corrected chi connectivity index (χ4v) is 3.88. The van der Waals surface area contributed by atoms with Crippen molar-refractivity contribution in [3.05, 3.63) is 116 Å². The molecule has 0 amide bonds. The summed E-state index contributed by atoms with van der Waals surface area (Å²) in [6.07, 6.45) is 0. The summed E-state index contributed by atoms with van der Waals surface area (Å²) >= 11 is 3.33. The summed E-state index contributed by atoms with van der Waals surface area (Å²) in [5, 5.41) is 20.9. The molecule has 0 aliphatic heterocycles. The highest BCUT2D eigenvalue weighted by Gasteiger charge is 2.22. The summed E-state index contributed by atoms with van der Waals surface area (Å²) in [6, 6.07) is 23.8. The highest BCUT2D eigenvalue weighted by molar-refractivity contribution is 9.10. The minimum absolute atomic E-state index is 0.00386. The number of hydrogen-bond donors (Lipinski definition) is 0. The van der Waals surface area contributed by atoms with Crippen LogP contribution in [0, 0.1) is 17.0 Å². The third kappa shape index (κ3) is 4.53. The molecule has 1 aromatic heterocycles. The Morgan fingerprint density at radius 2 is 1.51 bits per heavy atom. The number of carbonyl (C=O) groups is 1. The lowest BCUT2D eigenvalue weighted by atomic mass is 10.0. The Kier molecular flexibility index (Phi) is 5.84. The van der Waals surface area contributed by atoms with Gasteiger partial charge in [0.25, 0.3) is 0 Å². The van der Waals surface area contributed by atoms with Gasteiger partial charge in [-0.25, -0.2) is 0 Å². The molecule has 5 aromatic rings. The second-order valence-electron chi connectivity index (χ2n) is 7.83. The molecule has 0 spiro atoms. The van der Waals surface area contributed by atoms with E-state index in [2.05, 4.69) is 26.1 Å². The Morgan fingerprint density at radius 1 is 0.886 bits per heavy atom. The topological polar surface area (TPSA) is 100 Å². The van der Waals surface area contributed by atoms with Crippen LogP contribution in [0.5, 0.6) is 11.5 Å². The molecule has 172 valence electrons. The summed E-state index contributed by atoms with van der Waals surface area (Å²) in [7, 11) is 0. The summed E-state index contributed by atoms with van der Waals surface area (Å²) < 4.78 is 6.83. The lowest BCUT2D eigenvalue weighted by Gasteiger charge is -2.12. The highest BCUT2D eigenvalue weighted by Crippen LogP contribution is 2.36. The molecular formula is C26H17BrN4O4. The van der Waals surface area contributed by atoms with Crippen molar-refractivity contribution in [2.24, 2.45) is 0 Å². The van der Waals surface area contributed by atoms with Crippen LogP contribution in [0.15, 0.2) is 89.4 Å². The number of fused-ring (bicyclic) bond motifs is 1. The normalized spacial score (nSPS) is 10.9. The summed E-state index contributed by atoms with van der Waals surface area (Å²) in [5.74, 6) is 0.0192. The van der Waals surface area contributed by atoms with Gasteiger partial charge in [0.2, 0.25) is 5.75 Å². The largest absolute Gasteiger partial charge is 0.448 e. The quantitative estimate of drug-likeness (QED) is 0.143. The standard InChI is InChI=1S/C26H17BrN4O4/c1-16-6-12-24(22(14-16)30-28-20-4-2-3-5-21(20)29-30)35-25-13-9-18(15-23(25)31(33)34)26(32)17-7-10-19(27)11-8-17/h2-15H,1H3. The van der Waals surface area contributed by atoms with Crippen molar-refractivity contribution in [1.82, 2.24) is 15.0 Å². The first-order chi connectivity index (χ1) is 16.9. The van der Waals surface area contributed by atoms with Gasteiger partial charge < -0.3 is 4.74 Å². The molecule has 35 heavy (non-hydrogen) atoms. The maximum atomic E-state index is 12.9. The Bertz CT molecular complexity index is 1560. The average Bonchev–Trinajstić information content (AvgIpc) is 3.29. The lowest BCUT2D eigenvalue weighted by molar-refractivity contribution is -0.385. The van der Waals surface area contributed by atoms with Crippen LogP contribution >= 0.6 is 15.9 Å². The Balaban J connectivity index is 1.53. The van der Waals surface area contributed by atoms with E-state index < -0.39 is 4.92 Å². The molecule has 8 nitrogen and oxygen atoms in total. The number of halogens is 1. The molecule has 0 bridgehead atoms. The number of nitrogens with zero attached hydrogens (tertiary/aromatic N) is 4. The minimum Gasteiger partial charge on any atom is -0.448 e. The Labute approximate surface area is 208 Å². The SMILES string of the molecule is Cc1ccc(Oc2ccc(C(=O)c3ccc(Br)cc3)cc2[N+](=O)[O-])c(-n2nc3ccccc3n2)c1. The van der Waals surface area contributed by atoms with E-state index in [4.69, 9.17) is 4.74 Å². The first-order valence-corrected chi connectivity index (χ1v) is 11.4. The van der Waals surface area contributed by atoms with Crippen molar-refractivity contribution < 1.29 is 14.5 Å². The number of benzene rings is 4. The minimum atomic E-state index is -0.567. The summed E-state index contributed by atoms with van der Waals surface area (Å²) in [4.78, 5) is 25.6. The first kappa shape index (κ1) is 22.4. The zero-order valence-corrected chi connectivity index (χ0v) is 20.0. The average molecular weight is 529 g/mol. The third-order valence-electron chi connectivity index (χ3n) is 5.36. The molecule has 0 fully saturated rings. The molecule has 9 heteroatoms. The van der Waals surface area contributed by atoms with Gasteiger partial charge in [0.15, 0.2) is 11.5 Å². The number of aromatic nitrogens is 3. The van der Waals surface area contributed by atoms with Gasteiger partial charge in [0.05, 0.1) is 4.92 Å². The van der Waals surface area contributed by atoms with Crippen LogP contribution in [0.25, 0.3) is 16.7 Å². The molecule has 0 radical (unpaired) electrons. The number of ketones is 1. The first-order valence-electron chi connectivity index (χ1n) is 10.6. The van der Waals surface area contributed by atoms with Crippen molar-refractivity contribution >= 4 is 38.4 Å². The molecule has 0 aliphatic carbocycles. The molecule has 0 unspecified atom stereocenters. The molecule has 0 aliphatic rings. The zero-order chi connectivity index (χ0) is 24.5. The number of hydrogen-bond acceptors (Lipinski definition) is 6. The van der Waals surface area contributed by atoms with E-state index in [9.17, 15) is 14.9 Å². The number of aryl methyl sites for hydroxylation is 1. The number of nitro groups is 1. The van der Waals surface area contributed by atoms with E-state index >= 15 is 0 Å². The van der Waals surface area contributed by atoms with Gasteiger partial charge in [-0.15, -0.1) is 15.0 Å². The van der Waals surface area contributed by atoms with Crippen molar-refractivity contribution in [2.75, 3.05) is 0 Å². The highest BCUT2D eigenvalue weighted by atomic mass is 79.9. The molecule has 0 atom stereocenters. The molecule has 5 rings (SSSR count). The van der Waals surface area contributed by atoms with Gasteiger partial charge in [0.1, 0.15) is 16.7 Å². The van der Waals surface area contributed by atoms with Crippen molar-refractivity contribution in [2.45, 2.75) is 6.92 Å². The zero-order valence-electron chi connectivity index (χ0n) is 18.4. The predicted octanol–water partition coefficient (Wildman–Crippen LogP) is 6.42. The maximum Gasteiger partial charge on any atom is 0.312 e. The number of ether oxygens (including phenoxy) is 1. The molecule has 4 aromatic carbocycles. The third-order valence-corrected chi connectivity index (χ3v) is 5.89. The van der Waals surface area contributed by atoms with E-state index in [0.29, 0.717) is 28.0 Å². The van der Waals surface area contributed by atoms with Crippen molar-refractivity contribution in [3.63, 3.8) is 0 Å². The maximum absolute atomic E-state index is 12.9. The van der Waals surface area contributed by atoms with Gasteiger partial charge in [-0.1, -0.05) is 34.1 Å². The number of nitro benzene ring substituents is 1. The van der Waals surface area contributed by atoms with Crippen molar-refractivity contribution in [3.8, 4) is 17.2 Å². The van der Waals surface area contributed by atoms with Crippen LogP contribution in [-0.4, -0.2) is 25.7 Å². The lowest BCUT2D eigenvalue weighted by Crippen LogP contribution is -2.05. The molecule has 0 saturated heterocycles. The smallest absolute Gasteiger partial charge is 0.312 e. The Morgan fingerprint density at radius 3 is 2.17 bits per heavy atom. The van der Waals surface area contributed by atoms with E-state index in [1.165, 1.54) is 23.0 Å². The van der Waals surface area contributed by atoms with Crippen LogP contribution in [0.3, 0.4) is 0 Å². The molecular weight excluding hydrogens is 512 g/mol. The fourth-order valence-electron chi connectivity index (χ4n) is 3.61. The van der Waals surface area contributed by atoms with Gasteiger partial charge in [0, 0.05) is 21.7 Å². The van der Waals surface area contributed by atoms with Gasteiger partial charge in [-0.3, -0.25) is 14.9 Å².